The summed E-state index contributed by atoms with van der Waals surface area (Å²) in [6, 6.07) is 12.6. The number of rotatable bonds is 5. The van der Waals surface area contributed by atoms with E-state index in [0.29, 0.717) is 0 Å². The maximum atomic E-state index is 5.99. The van der Waals surface area contributed by atoms with Gasteiger partial charge in [0.15, 0.2) is 0 Å². The van der Waals surface area contributed by atoms with Gasteiger partial charge in [0.1, 0.15) is 5.75 Å². The molecule has 0 aliphatic rings. The number of nitrogens with one attached hydrogen (secondary N) is 1. The van der Waals surface area contributed by atoms with Gasteiger partial charge in [-0.1, -0.05) is 42.8 Å². The Balaban J connectivity index is 2.45. The average Bonchev–Trinajstić information content (AvgIpc) is 2.45. The quantitative estimate of drug-likeness (QED) is 0.867. The predicted octanol–water partition coefficient (Wildman–Crippen LogP) is 4.66. The summed E-state index contributed by atoms with van der Waals surface area (Å²) in [5.41, 5.74) is 4.77. The van der Waals surface area contributed by atoms with Crippen molar-refractivity contribution in [1.82, 2.24) is 5.32 Å². The van der Waals surface area contributed by atoms with Crippen LogP contribution >= 0.6 is 11.6 Å². The van der Waals surface area contributed by atoms with Gasteiger partial charge in [-0.2, -0.15) is 0 Å². The molecular weight excluding hydrogens is 282 g/mol. The number of methoxy groups -OCH3 is 1. The molecule has 0 fully saturated rings. The van der Waals surface area contributed by atoms with Crippen LogP contribution in [-0.4, -0.2) is 13.7 Å². The third-order valence-electron chi connectivity index (χ3n) is 3.63. The zero-order valence-corrected chi connectivity index (χ0v) is 13.8. The smallest absolute Gasteiger partial charge is 0.124 e. The van der Waals surface area contributed by atoms with Gasteiger partial charge in [0.25, 0.3) is 0 Å². The molecule has 2 aromatic rings. The third kappa shape index (κ3) is 3.58. The molecule has 0 aliphatic heterocycles. The minimum atomic E-state index is 0.163. The minimum Gasteiger partial charge on any atom is -0.496 e. The molecule has 0 spiro atoms. The van der Waals surface area contributed by atoms with E-state index in [1.807, 2.05) is 12.1 Å². The van der Waals surface area contributed by atoms with E-state index < -0.39 is 0 Å². The maximum absolute atomic E-state index is 5.99. The first-order valence-electron chi connectivity index (χ1n) is 7.20. The number of benzene rings is 2. The Morgan fingerprint density at radius 1 is 1.05 bits per heavy atom. The molecule has 0 heterocycles. The predicted molar refractivity (Wildman–Crippen MR) is 89.4 cm³/mol. The molecule has 3 heteroatoms. The van der Waals surface area contributed by atoms with Crippen molar-refractivity contribution >= 4 is 11.6 Å². The topological polar surface area (TPSA) is 21.3 Å². The fraction of sp³-hybridized carbons (Fsp3) is 0.333. The lowest BCUT2D eigenvalue weighted by molar-refractivity contribution is 0.408. The van der Waals surface area contributed by atoms with Gasteiger partial charge in [0.05, 0.1) is 13.2 Å². The van der Waals surface area contributed by atoms with Crippen molar-refractivity contribution in [3.8, 4) is 5.75 Å². The van der Waals surface area contributed by atoms with Crippen molar-refractivity contribution in [3.63, 3.8) is 0 Å². The first-order valence-corrected chi connectivity index (χ1v) is 7.58. The molecule has 0 radical (unpaired) electrons. The summed E-state index contributed by atoms with van der Waals surface area (Å²) in [6.07, 6.45) is 0. The Bertz CT molecular complexity index is 584. The Kier molecular flexibility index (Phi) is 5.27. The van der Waals surface area contributed by atoms with Crippen LogP contribution in [0.25, 0.3) is 0 Å². The molecule has 1 atom stereocenters. The first kappa shape index (κ1) is 15.9. The van der Waals surface area contributed by atoms with Crippen molar-refractivity contribution in [2.24, 2.45) is 0 Å². The van der Waals surface area contributed by atoms with Crippen molar-refractivity contribution in [1.29, 1.82) is 0 Å². The highest BCUT2D eigenvalue weighted by atomic mass is 35.5. The molecule has 21 heavy (non-hydrogen) atoms. The summed E-state index contributed by atoms with van der Waals surface area (Å²) in [6.45, 7) is 7.18. The van der Waals surface area contributed by atoms with Crippen molar-refractivity contribution in [2.45, 2.75) is 26.8 Å². The van der Waals surface area contributed by atoms with Crippen LogP contribution in [0.3, 0.4) is 0 Å². The maximum Gasteiger partial charge on any atom is 0.124 e. The van der Waals surface area contributed by atoms with Crippen LogP contribution in [0.1, 0.15) is 35.2 Å². The van der Waals surface area contributed by atoms with E-state index in [4.69, 9.17) is 16.3 Å². The van der Waals surface area contributed by atoms with E-state index in [1.54, 1.807) is 7.11 Å². The second-order valence-corrected chi connectivity index (χ2v) is 5.67. The zero-order valence-electron chi connectivity index (χ0n) is 13.0. The van der Waals surface area contributed by atoms with Gasteiger partial charge >= 0.3 is 0 Å². The fourth-order valence-corrected chi connectivity index (χ4v) is 2.89. The summed E-state index contributed by atoms with van der Waals surface area (Å²) in [5.74, 6) is 0.963. The van der Waals surface area contributed by atoms with Gasteiger partial charge in [-0.15, -0.1) is 0 Å². The highest BCUT2D eigenvalue weighted by Crippen LogP contribution is 2.30. The van der Waals surface area contributed by atoms with E-state index in [9.17, 15) is 0 Å². The standard InChI is InChI=1S/C18H22ClNO/c1-5-20-17(14-6-8-16(19)9-7-14)15-10-12(2)18(21-4)13(3)11-15/h6-11,17,20H,5H2,1-4H3. The van der Waals surface area contributed by atoms with Crippen LogP contribution in [0.4, 0.5) is 0 Å². The van der Waals surface area contributed by atoms with Crippen LogP contribution < -0.4 is 10.1 Å². The van der Waals surface area contributed by atoms with Gasteiger partial charge in [-0.3, -0.25) is 0 Å². The molecule has 1 N–H and O–H groups in total. The number of hydrogen-bond acceptors (Lipinski definition) is 2. The van der Waals surface area contributed by atoms with E-state index in [1.165, 1.54) is 11.1 Å². The minimum absolute atomic E-state index is 0.163. The zero-order chi connectivity index (χ0) is 15.4. The Morgan fingerprint density at radius 3 is 2.10 bits per heavy atom. The van der Waals surface area contributed by atoms with Crippen LogP contribution in [0.15, 0.2) is 36.4 Å². The largest absolute Gasteiger partial charge is 0.496 e. The lowest BCUT2D eigenvalue weighted by Crippen LogP contribution is -2.22. The molecule has 2 rings (SSSR count). The second-order valence-electron chi connectivity index (χ2n) is 5.23. The number of ether oxygens (including phenoxy) is 1. The third-order valence-corrected chi connectivity index (χ3v) is 3.88. The molecule has 112 valence electrons. The molecule has 2 nitrogen and oxygen atoms in total. The van der Waals surface area contributed by atoms with Crippen LogP contribution in [0.2, 0.25) is 5.02 Å². The summed E-state index contributed by atoms with van der Waals surface area (Å²) in [7, 11) is 1.72. The molecule has 0 saturated heterocycles. The second kappa shape index (κ2) is 6.97. The summed E-state index contributed by atoms with van der Waals surface area (Å²) >= 11 is 5.99. The molecule has 0 bridgehead atoms. The Morgan fingerprint density at radius 2 is 1.62 bits per heavy atom. The molecule has 0 aliphatic carbocycles. The van der Waals surface area contributed by atoms with E-state index >= 15 is 0 Å². The SMILES string of the molecule is CCNC(c1ccc(Cl)cc1)c1cc(C)c(OC)c(C)c1. The van der Waals surface area contributed by atoms with Crippen molar-refractivity contribution in [3.05, 3.63) is 63.7 Å². The highest BCUT2D eigenvalue weighted by molar-refractivity contribution is 6.30. The lowest BCUT2D eigenvalue weighted by Gasteiger charge is -2.21. The van der Waals surface area contributed by atoms with E-state index in [0.717, 1.165) is 28.4 Å². The van der Waals surface area contributed by atoms with Gasteiger partial charge in [-0.25, -0.2) is 0 Å². The monoisotopic (exact) mass is 303 g/mol. The molecule has 1 unspecified atom stereocenters. The fourth-order valence-electron chi connectivity index (χ4n) is 2.76. The highest BCUT2D eigenvalue weighted by Gasteiger charge is 2.15. The normalized spacial score (nSPS) is 12.2. The van der Waals surface area contributed by atoms with Crippen molar-refractivity contribution in [2.75, 3.05) is 13.7 Å². The number of aryl methyl sites for hydroxylation is 2. The Hall–Kier alpha value is -1.51. The van der Waals surface area contributed by atoms with Gasteiger partial charge in [0, 0.05) is 5.02 Å². The molecule has 0 aromatic heterocycles. The van der Waals surface area contributed by atoms with Gasteiger partial charge in [0.2, 0.25) is 0 Å². The molecule has 0 saturated carbocycles. The number of halogens is 1. The lowest BCUT2D eigenvalue weighted by atomic mass is 9.95. The van der Waals surface area contributed by atoms with Crippen LogP contribution in [-0.2, 0) is 0 Å². The van der Waals surface area contributed by atoms with E-state index in [2.05, 4.69) is 50.4 Å². The number of hydrogen-bond donors (Lipinski definition) is 1. The van der Waals surface area contributed by atoms with Crippen molar-refractivity contribution < 1.29 is 4.74 Å². The van der Waals surface area contributed by atoms with Gasteiger partial charge in [-0.05, 0) is 54.8 Å². The Labute approximate surface area is 132 Å². The molecular formula is C18H22ClNO. The molecule has 2 aromatic carbocycles. The summed E-state index contributed by atoms with van der Waals surface area (Å²) < 4.78 is 5.45. The van der Waals surface area contributed by atoms with Gasteiger partial charge < -0.3 is 10.1 Å². The van der Waals surface area contributed by atoms with E-state index in [-0.39, 0.29) is 6.04 Å². The first-order chi connectivity index (χ1) is 10.1. The average molecular weight is 304 g/mol. The summed E-state index contributed by atoms with van der Waals surface area (Å²) in [5, 5.41) is 4.30. The summed E-state index contributed by atoms with van der Waals surface area (Å²) in [4.78, 5) is 0. The van der Waals surface area contributed by atoms with Crippen LogP contribution in [0.5, 0.6) is 5.75 Å². The van der Waals surface area contributed by atoms with Crippen LogP contribution in [0, 0.1) is 13.8 Å². The molecule has 0 amide bonds.